The van der Waals surface area contributed by atoms with Crippen LogP contribution in [0, 0.1) is 13.8 Å². The Morgan fingerprint density at radius 3 is 2.43 bits per heavy atom. The zero-order valence-corrected chi connectivity index (χ0v) is 22.8. The molecule has 4 rings (SSSR count). The van der Waals surface area contributed by atoms with Gasteiger partial charge in [0, 0.05) is 35.2 Å². The first-order chi connectivity index (χ1) is 13.2. The summed E-state index contributed by atoms with van der Waals surface area (Å²) in [6.45, 7) is 6.26. The summed E-state index contributed by atoms with van der Waals surface area (Å²) in [5.41, 5.74) is 1.22. The minimum atomic E-state index is -3.52. The van der Waals surface area contributed by atoms with Crippen LogP contribution in [0.25, 0.3) is 0 Å². The van der Waals surface area contributed by atoms with E-state index in [9.17, 15) is 18.7 Å². The average Bonchev–Trinajstić information content (AvgIpc) is 3.27. The van der Waals surface area contributed by atoms with Gasteiger partial charge in [-0.15, -0.1) is 0 Å². The molecular weight excluding hydrogens is 430 g/mol. The van der Waals surface area contributed by atoms with E-state index in [1.807, 2.05) is 0 Å². The van der Waals surface area contributed by atoms with Crippen LogP contribution in [0.15, 0.2) is 22.0 Å². The molecule has 2 aromatic rings. The molecule has 1 spiro atoms. The van der Waals surface area contributed by atoms with Gasteiger partial charge in [0.25, 0.3) is 5.56 Å². The minimum absolute atomic E-state index is 0. The summed E-state index contributed by atoms with van der Waals surface area (Å²) in [5, 5.41) is 2.77. The van der Waals surface area contributed by atoms with Crippen LogP contribution in [0.4, 0.5) is 0 Å². The number of benzene rings is 1. The molecule has 1 aromatic carbocycles. The van der Waals surface area contributed by atoms with E-state index in [-0.39, 0.29) is 87.3 Å². The third-order valence-corrected chi connectivity index (χ3v) is 7.41. The number of H-pyrrole nitrogens is 1. The predicted octanol–water partition coefficient (Wildman–Crippen LogP) is -3.92. The molecule has 30 heavy (non-hydrogen) atoms. The van der Waals surface area contributed by atoms with Gasteiger partial charge in [0.2, 0.25) is 0 Å². The zero-order chi connectivity index (χ0) is 20.3. The van der Waals surface area contributed by atoms with Crippen LogP contribution in [0.1, 0.15) is 46.0 Å². The van der Waals surface area contributed by atoms with Crippen LogP contribution in [0.2, 0.25) is 0 Å². The molecule has 0 amide bonds. The second-order valence-corrected chi connectivity index (χ2v) is 9.20. The summed E-state index contributed by atoms with van der Waals surface area (Å²) in [4.78, 5) is 25.7. The van der Waals surface area contributed by atoms with Gasteiger partial charge in [-0.3, -0.25) is 14.3 Å². The van der Waals surface area contributed by atoms with Gasteiger partial charge < -0.3 is 34.3 Å². The number of nitrogens with zero attached hydrogens (tertiary/aromatic N) is 1. The van der Waals surface area contributed by atoms with Crippen LogP contribution in [-0.4, -0.2) is 43.6 Å². The van der Waals surface area contributed by atoms with Gasteiger partial charge >= 0.3 is 59.1 Å². The standard InChI is InChI=1S/C19H24N2O6S.2Na/c1-4-21-18(23)14(10-20-21)16(22)13-9-11(2)17-15(12(13)3)19(26-6-7-27-19)5-8-28(17,24)25;;/h9-10,20,24-25H,4-8H2,1-3H3;;/q;2*+1/p-2. The Balaban J connectivity index is 0.00000160. The third kappa shape index (κ3) is 4.08. The molecule has 0 aliphatic carbocycles. The maximum atomic E-state index is 13.2. The van der Waals surface area contributed by atoms with E-state index in [1.165, 1.54) is 10.9 Å². The first kappa shape index (κ1) is 26.3. The van der Waals surface area contributed by atoms with Crippen LogP contribution < -0.4 is 64.7 Å². The Bertz CT molecular complexity index is 1030. The average molecular weight is 452 g/mol. The molecular formula is C19H22N2Na2O6S. The molecule has 2 aliphatic heterocycles. The molecule has 0 atom stereocenters. The minimum Gasteiger partial charge on any atom is -0.796 e. The van der Waals surface area contributed by atoms with Crippen LogP contribution in [-0.2, 0) is 21.8 Å². The first-order valence-corrected chi connectivity index (χ1v) is 10.9. The maximum absolute atomic E-state index is 13.2. The monoisotopic (exact) mass is 452 g/mol. The second-order valence-electron chi connectivity index (χ2n) is 7.15. The van der Waals surface area contributed by atoms with Crippen molar-refractivity contribution in [2.75, 3.05) is 19.0 Å². The van der Waals surface area contributed by atoms with Crippen LogP contribution >= 0.6 is 10.6 Å². The number of sulfone groups is 1. The number of hydrogen-bond donors (Lipinski definition) is 1. The molecule has 8 nitrogen and oxygen atoms in total. The van der Waals surface area contributed by atoms with Crippen molar-refractivity contribution in [3.05, 3.63) is 50.4 Å². The fourth-order valence-corrected chi connectivity index (χ4v) is 6.09. The topological polar surface area (TPSA) is 119 Å². The first-order valence-electron chi connectivity index (χ1n) is 9.20. The Morgan fingerprint density at radius 1 is 1.23 bits per heavy atom. The van der Waals surface area contributed by atoms with Crippen molar-refractivity contribution < 1.29 is 82.5 Å². The van der Waals surface area contributed by atoms with E-state index in [0.717, 1.165) is 0 Å². The molecule has 0 bridgehead atoms. The van der Waals surface area contributed by atoms with E-state index in [2.05, 4.69) is 5.10 Å². The van der Waals surface area contributed by atoms with E-state index in [0.29, 0.717) is 36.4 Å². The number of hydrogen-bond acceptors (Lipinski definition) is 6. The Kier molecular flexibility index (Phi) is 8.36. The SMILES string of the molecule is CCn1[nH]cc(C(=O)c2cc(C)c3c(c2C)C2(CCS3([O-])[O-])OCCO2)c1=O.[Na+].[Na+]. The van der Waals surface area contributed by atoms with Gasteiger partial charge in [-0.2, -0.15) is 0 Å². The second kappa shape index (κ2) is 9.52. The maximum Gasteiger partial charge on any atom is 1.00 e. The van der Waals surface area contributed by atoms with Crippen molar-refractivity contribution in [2.45, 2.75) is 44.4 Å². The van der Waals surface area contributed by atoms with Crippen molar-refractivity contribution in [1.82, 2.24) is 9.78 Å². The van der Waals surface area contributed by atoms with Crippen LogP contribution in [0.3, 0.4) is 0 Å². The van der Waals surface area contributed by atoms with Crippen molar-refractivity contribution in [3.8, 4) is 0 Å². The Hall–Kier alpha value is 0.0900. The molecule has 2 aliphatic rings. The summed E-state index contributed by atoms with van der Waals surface area (Å²) in [6.07, 6.45) is 1.56. The smallest absolute Gasteiger partial charge is 0.796 e. The van der Waals surface area contributed by atoms with Crippen molar-refractivity contribution in [3.63, 3.8) is 0 Å². The van der Waals surface area contributed by atoms with Gasteiger partial charge in [-0.05, 0) is 43.7 Å². The largest absolute Gasteiger partial charge is 1.00 e. The molecule has 3 heterocycles. The fourth-order valence-electron chi connectivity index (χ4n) is 4.18. The van der Waals surface area contributed by atoms with Gasteiger partial charge in [-0.25, -0.2) is 0 Å². The van der Waals surface area contributed by atoms with Crippen molar-refractivity contribution in [1.29, 1.82) is 0 Å². The van der Waals surface area contributed by atoms with Crippen LogP contribution in [0.5, 0.6) is 0 Å². The number of ketones is 1. The van der Waals surface area contributed by atoms with E-state index >= 15 is 0 Å². The number of fused-ring (bicyclic) bond motifs is 2. The van der Waals surface area contributed by atoms with E-state index in [4.69, 9.17) is 9.47 Å². The predicted molar refractivity (Wildman–Crippen MR) is 101 cm³/mol. The molecule has 1 N–H and O–H groups in total. The molecule has 1 aromatic heterocycles. The molecule has 11 heteroatoms. The Labute approximate surface area is 220 Å². The number of aromatic amines is 1. The van der Waals surface area contributed by atoms with E-state index in [1.54, 1.807) is 26.8 Å². The van der Waals surface area contributed by atoms with Gasteiger partial charge in [-0.1, -0.05) is 0 Å². The summed E-state index contributed by atoms with van der Waals surface area (Å²) >= 11 is 0. The summed E-state index contributed by atoms with van der Waals surface area (Å²) < 4.78 is 38.6. The Morgan fingerprint density at radius 2 is 1.87 bits per heavy atom. The molecule has 1 fully saturated rings. The normalized spacial score (nSPS) is 19.5. The van der Waals surface area contributed by atoms with Gasteiger partial charge in [0.1, 0.15) is 5.56 Å². The summed E-state index contributed by atoms with van der Waals surface area (Å²) in [7, 11) is -3.52. The van der Waals surface area contributed by atoms with Crippen molar-refractivity contribution >= 4 is 16.4 Å². The number of ether oxygens (including phenoxy) is 2. The van der Waals surface area contributed by atoms with Gasteiger partial charge in [0.05, 0.1) is 13.2 Å². The van der Waals surface area contributed by atoms with E-state index < -0.39 is 27.7 Å². The number of aryl methyl sites for hydroxylation is 2. The molecule has 152 valence electrons. The summed E-state index contributed by atoms with van der Waals surface area (Å²) in [6, 6.07) is 1.55. The quantitative estimate of drug-likeness (QED) is 0.376. The third-order valence-electron chi connectivity index (χ3n) is 5.52. The number of rotatable bonds is 3. The van der Waals surface area contributed by atoms with Gasteiger partial charge in [0.15, 0.2) is 11.6 Å². The molecule has 0 saturated carbocycles. The van der Waals surface area contributed by atoms with Crippen molar-refractivity contribution in [2.24, 2.45) is 0 Å². The number of aromatic nitrogens is 2. The number of nitrogens with one attached hydrogen (secondary N) is 1. The number of carbonyl (C=O) groups is 1. The fraction of sp³-hybridized carbons (Fsp3) is 0.474. The molecule has 0 unspecified atom stereocenters. The molecule has 1 saturated heterocycles. The zero-order valence-electron chi connectivity index (χ0n) is 18.0. The molecule has 0 radical (unpaired) electrons. The number of carbonyl (C=O) groups excluding carboxylic acids is 1. The summed E-state index contributed by atoms with van der Waals surface area (Å²) in [5.74, 6) is -1.69.